The Kier molecular flexibility index (Phi) is 4.82. The molecule has 2 aromatic rings. The van der Waals surface area contributed by atoms with Crippen LogP contribution in [0.25, 0.3) is 0 Å². The van der Waals surface area contributed by atoms with Gasteiger partial charge < -0.3 is 5.32 Å². The van der Waals surface area contributed by atoms with Gasteiger partial charge in [-0.3, -0.25) is 9.52 Å². The highest BCUT2D eigenvalue weighted by atomic mass is 32.2. The summed E-state index contributed by atoms with van der Waals surface area (Å²) in [5.74, 6) is -0.295. The molecule has 6 heteroatoms. The maximum atomic E-state index is 12.2. The Labute approximate surface area is 130 Å². The van der Waals surface area contributed by atoms with E-state index >= 15 is 0 Å². The second kappa shape index (κ2) is 6.62. The van der Waals surface area contributed by atoms with Gasteiger partial charge in [0, 0.05) is 16.9 Å². The fraction of sp³-hybridized carbons (Fsp3) is 0.188. The molecule has 116 valence electrons. The summed E-state index contributed by atoms with van der Waals surface area (Å²) >= 11 is 0. The van der Waals surface area contributed by atoms with Gasteiger partial charge in [-0.15, -0.1) is 0 Å². The quantitative estimate of drug-likeness (QED) is 0.889. The molecular weight excluding hydrogens is 300 g/mol. The summed E-state index contributed by atoms with van der Waals surface area (Å²) in [6.07, 6.45) is 0. The third-order valence-electron chi connectivity index (χ3n) is 3.04. The Hall–Kier alpha value is -2.34. The van der Waals surface area contributed by atoms with Crippen LogP contribution in [0, 0.1) is 0 Å². The zero-order chi connectivity index (χ0) is 16.2. The van der Waals surface area contributed by atoms with E-state index in [0.29, 0.717) is 16.9 Å². The number of benzene rings is 2. The molecule has 0 aliphatic heterocycles. The van der Waals surface area contributed by atoms with Crippen molar-refractivity contribution >= 4 is 27.3 Å². The molecule has 0 saturated heterocycles. The van der Waals surface area contributed by atoms with Crippen LogP contribution in [0.3, 0.4) is 0 Å². The van der Waals surface area contributed by atoms with Crippen LogP contribution < -0.4 is 10.0 Å². The summed E-state index contributed by atoms with van der Waals surface area (Å²) in [6.45, 7) is 3.18. The number of carbonyl (C=O) groups excluding carboxylic acids is 1. The van der Waals surface area contributed by atoms with Gasteiger partial charge in [0.15, 0.2) is 0 Å². The fourth-order valence-corrected chi connectivity index (χ4v) is 2.42. The number of hydrogen-bond donors (Lipinski definition) is 2. The zero-order valence-electron chi connectivity index (χ0n) is 12.4. The van der Waals surface area contributed by atoms with Gasteiger partial charge in [-0.25, -0.2) is 8.42 Å². The van der Waals surface area contributed by atoms with E-state index in [9.17, 15) is 13.2 Å². The van der Waals surface area contributed by atoms with Crippen LogP contribution >= 0.6 is 0 Å². The first-order valence-electron chi connectivity index (χ1n) is 6.86. The minimum absolute atomic E-state index is 0.295. The molecule has 0 saturated carbocycles. The molecule has 0 aromatic heterocycles. The molecule has 0 aliphatic rings. The lowest BCUT2D eigenvalue weighted by Crippen LogP contribution is -2.22. The molecule has 0 atom stereocenters. The predicted molar refractivity (Wildman–Crippen MR) is 88.5 cm³/mol. The summed E-state index contributed by atoms with van der Waals surface area (Å²) in [4.78, 5) is 12.2. The molecule has 0 aliphatic carbocycles. The topological polar surface area (TPSA) is 75.3 Å². The van der Waals surface area contributed by atoms with Crippen LogP contribution in [0.4, 0.5) is 11.4 Å². The molecule has 0 unspecified atom stereocenters. The van der Waals surface area contributed by atoms with Gasteiger partial charge in [-0.2, -0.15) is 0 Å². The number of amides is 1. The van der Waals surface area contributed by atoms with Crippen molar-refractivity contribution in [1.29, 1.82) is 0 Å². The third kappa shape index (κ3) is 4.08. The van der Waals surface area contributed by atoms with E-state index in [1.807, 2.05) is 18.2 Å². The van der Waals surface area contributed by atoms with E-state index in [0.717, 1.165) is 0 Å². The van der Waals surface area contributed by atoms with E-state index in [1.54, 1.807) is 44.2 Å². The number of rotatable bonds is 5. The number of hydrogen-bond acceptors (Lipinski definition) is 3. The van der Waals surface area contributed by atoms with Gasteiger partial charge >= 0.3 is 0 Å². The van der Waals surface area contributed by atoms with Crippen molar-refractivity contribution in [3.8, 4) is 0 Å². The summed E-state index contributed by atoms with van der Waals surface area (Å²) in [5.41, 5.74) is 1.43. The summed E-state index contributed by atoms with van der Waals surface area (Å²) in [5, 5.41) is 2.21. The Morgan fingerprint density at radius 2 is 1.59 bits per heavy atom. The smallest absolute Gasteiger partial charge is 0.255 e. The van der Waals surface area contributed by atoms with Gasteiger partial charge in [-0.05, 0) is 44.2 Å². The Morgan fingerprint density at radius 1 is 0.955 bits per heavy atom. The van der Waals surface area contributed by atoms with Crippen LogP contribution in [0.5, 0.6) is 0 Å². The predicted octanol–water partition coefficient (Wildman–Crippen LogP) is 3.09. The summed E-state index contributed by atoms with van der Waals surface area (Å²) in [6, 6.07) is 15.5. The van der Waals surface area contributed by atoms with Gasteiger partial charge in [0.25, 0.3) is 5.91 Å². The van der Waals surface area contributed by atoms with Crippen LogP contribution in [0.1, 0.15) is 24.2 Å². The second-order valence-electron chi connectivity index (χ2n) is 5.10. The van der Waals surface area contributed by atoms with Crippen molar-refractivity contribution in [2.45, 2.75) is 19.1 Å². The standard InChI is InChI=1S/C16H18N2O3S/c1-12(2)22(20,21)18-15-10-6-7-13(11-15)16(19)17-14-8-4-3-5-9-14/h3-12,18H,1-2H3,(H,17,19). The number of carbonyl (C=O) groups is 1. The molecule has 0 fully saturated rings. The normalized spacial score (nSPS) is 11.2. The molecular formula is C16H18N2O3S. The number of sulfonamides is 1. The van der Waals surface area contributed by atoms with E-state index < -0.39 is 15.3 Å². The average molecular weight is 318 g/mol. The van der Waals surface area contributed by atoms with E-state index in [2.05, 4.69) is 10.0 Å². The van der Waals surface area contributed by atoms with Gasteiger partial charge in [-0.1, -0.05) is 24.3 Å². The Morgan fingerprint density at radius 3 is 2.23 bits per heavy atom. The molecule has 22 heavy (non-hydrogen) atoms. The monoisotopic (exact) mass is 318 g/mol. The molecule has 0 bridgehead atoms. The van der Waals surface area contributed by atoms with Crippen molar-refractivity contribution < 1.29 is 13.2 Å². The number of nitrogens with one attached hydrogen (secondary N) is 2. The summed E-state index contributed by atoms with van der Waals surface area (Å²) < 4.78 is 26.2. The molecule has 5 nitrogen and oxygen atoms in total. The minimum atomic E-state index is -3.43. The minimum Gasteiger partial charge on any atom is -0.322 e. The van der Waals surface area contributed by atoms with E-state index in [4.69, 9.17) is 0 Å². The van der Waals surface area contributed by atoms with Crippen molar-refractivity contribution in [2.24, 2.45) is 0 Å². The lowest BCUT2D eigenvalue weighted by Gasteiger charge is -2.12. The van der Waals surface area contributed by atoms with Crippen LogP contribution in [-0.2, 0) is 10.0 Å². The molecule has 2 aromatic carbocycles. The van der Waals surface area contributed by atoms with Gasteiger partial charge in [0.2, 0.25) is 10.0 Å². The molecule has 2 N–H and O–H groups in total. The molecule has 0 heterocycles. The average Bonchev–Trinajstić information content (AvgIpc) is 2.48. The van der Waals surface area contributed by atoms with E-state index in [1.165, 1.54) is 6.07 Å². The maximum Gasteiger partial charge on any atom is 0.255 e. The Bertz CT molecular complexity index is 756. The molecule has 0 radical (unpaired) electrons. The highest BCUT2D eigenvalue weighted by Crippen LogP contribution is 2.16. The first kappa shape index (κ1) is 16.0. The van der Waals surface area contributed by atoms with E-state index in [-0.39, 0.29) is 5.91 Å². The van der Waals surface area contributed by atoms with Gasteiger partial charge in [0.1, 0.15) is 0 Å². The largest absolute Gasteiger partial charge is 0.322 e. The highest BCUT2D eigenvalue weighted by molar-refractivity contribution is 7.93. The molecule has 0 spiro atoms. The van der Waals surface area contributed by atoms with Crippen LogP contribution in [0.15, 0.2) is 54.6 Å². The number of anilines is 2. The van der Waals surface area contributed by atoms with Gasteiger partial charge in [0.05, 0.1) is 5.25 Å². The lowest BCUT2D eigenvalue weighted by atomic mass is 10.2. The zero-order valence-corrected chi connectivity index (χ0v) is 13.2. The van der Waals surface area contributed by atoms with Crippen LogP contribution in [-0.4, -0.2) is 19.6 Å². The third-order valence-corrected chi connectivity index (χ3v) is 4.80. The summed E-state index contributed by atoms with van der Waals surface area (Å²) in [7, 11) is -3.43. The van der Waals surface area contributed by atoms with Crippen molar-refractivity contribution in [3.63, 3.8) is 0 Å². The van der Waals surface area contributed by atoms with Crippen molar-refractivity contribution in [1.82, 2.24) is 0 Å². The highest BCUT2D eigenvalue weighted by Gasteiger charge is 2.16. The SMILES string of the molecule is CC(C)S(=O)(=O)Nc1cccc(C(=O)Nc2ccccc2)c1. The lowest BCUT2D eigenvalue weighted by molar-refractivity contribution is 0.102. The van der Waals surface area contributed by atoms with Crippen molar-refractivity contribution in [2.75, 3.05) is 10.0 Å². The maximum absolute atomic E-state index is 12.2. The first-order chi connectivity index (χ1) is 10.4. The second-order valence-corrected chi connectivity index (χ2v) is 7.33. The Balaban J connectivity index is 2.16. The fourth-order valence-electron chi connectivity index (χ4n) is 1.73. The first-order valence-corrected chi connectivity index (χ1v) is 8.41. The molecule has 2 rings (SSSR count). The van der Waals surface area contributed by atoms with Crippen LogP contribution in [0.2, 0.25) is 0 Å². The molecule has 1 amide bonds. The van der Waals surface area contributed by atoms with Crippen molar-refractivity contribution in [3.05, 3.63) is 60.2 Å². The number of para-hydroxylation sites is 1.